The molecule has 19 heavy (non-hydrogen) atoms. The highest BCUT2D eigenvalue weighted by molar-refractivity contribution is 4.85. The summed E-state index contributed by atoms with van der Waals surface area (Å²) in [5.74, 6) is 0.656. The summed E-state index contributed by atoms with van der Waals surface area (Å²) < 4.78 is 5.66. The van der Waals surface area contributed by atoms with E-state index in [1.54, 1.807) is 0 Å². The summed E-state index contributed by atoms with van der Waals surface area (Å²) >= 11 is 0. The van der Waals surface area contributed by atoms with E-state index in [9.17, 15) is 0 Å². The molecule has 3 unspecified atom stereocenters. The second-order valence-corrected chi connectivity index (χ2v) is 6.36. The monoisotopic (exact) mass is 269 g/mol. The van der Waals surface area contributed by atoms with Crippen molar-refractivity contribution in [2.75, 3.05) is 53.5 Å². The Bertz CT molecular complexity index is 262. The number of nitrogens with zero attached hydrogens (tertiary/aromatic N) is 2. The van der Waals surface area contributed by atoms with E-state index >= 15 is 0 Å². The maximum atomic E-state index is 5.66. The molecule has 2 fully saturated rings. The molecule has 0 aromatic heterocycles. The van der Waals surface area contributed by atoms with Crippen molar-refractivity contribution in [1.29, 1.82) is 0 Å². The van der Waals surface area contributed by atoms with Gasteiger partial charge in [0.2, 0.25) is 0 Å². The molecule has 0 aromatic carbocycles. The molecule has 2 rings (SSSR count). The van der Waals surface area contributed by atoms with Gasteiger partial charge in [0.05, 0.1) is 13.2 Å². The van der Waals surface area contributed by atoms with Crippen LogP contribution in [0, 0.1) is 5.92 Å². The lowest BCUT2D eigenvalue weighted by atomic mass is 10.0. The van der Waals surface area contributed by atoms with Crippen molar-refractivity contribution in [3.63, 3.8) is 0 Å². The van der Waals surface area contributed by atoms with Gasteiger partial charge in [0.1, 0.15) is 0 Å². The molecule has 0 aliphatic carbocycles. The second-order valence-electron chi connectivity index (χ2n) is 6.36. The molecule has 3 atom stereocenters. The number of hydrogen-bond donors (Lipinski definition) is 1. The molecular formula is C15H31N3O. The van der Waals surface area contributed by atoms with Crippen LogP contribution in [0.3, 0.4) is 0 Å². The lowest BCUT2D eigenvalue weighted by molar-refractivity contribution is 0.163. The molecule has 0 saturated carbocycles. The van der Waals surface area contributed by atoms with E-state index in [0.29, 0.717) is 12.0 Å². The highest BCUT2D eigenvalue weighted by Gasteiger charge is 2.30. The number of nitrogens with one attached hydrogen (secondary N) is 1. The minimum absolute atomic E-state index is 0.559. The van der Waals surface area contributed by atoms with Crippen LogP contribution in [0.25, 0.3) is 0 Å². The smallest absolute Gasteiger partial charge is 0.0623 e. The maximum Gasteiger partial charge on any atom is 0.0623 e. The fourth-order valence-electron chi connectivity index (χ4n) is 3.38. The quantitative estimate of drug-likeness (QED) is 0.747. The lowest BCUT2D eigenvalue weighted by Gasteiger charge is -2.29. The molecule has 112 valence electrons. The van der Waals surface area contributed by atoms with Crippen LogP contribution >= 0.6 is 0 Å². The van der Waals surface area contributed by atoms with Crippen molar-refractivity contribution in [1.82, 2.24) is 15.1 Å². The molecule has 1 N–H and O–H groups in total. The second kappa shape index (κ2) is 7.58. The van der Waals surface area contributed by atoms with Crippen LogP contribution in [0.5, 0.6) is 0 Å². The van der Waals surface area contributed by atoms with Crippen LogP contribution in [0.15, 0.2) is 0 Å². The predicted molar refractivity (Wildman–Crippen MR) is 79.5 cm³/mol. The highest BCUT2D eigenvalue weighted by Crippen LogP contribution is 2.18. The molecule has 0 bridgehead atoms. The van der Waals surface area contributed by atoms with Crippen LogP contribution in [0.2, 0.25) is 0 Å². The van der Waals surface area contributed by atoms with E-state index in [0.717, 1.165) is 32.3 Å². The summed E-state index contributed by atoms with van der Waals surface area (Å²) in [5.41, 5.74) is 0. The van der Waals surface area contributed by atoms with E-state index in [4.69, 9.17) is 4.74 Å². The highest BCUT2D eigenvalue weighted by atomic mass is 16.5. The standard InChI is InChI=1S/C15H31N3O/c1-4-7-16-15-12-19-11-13(15)9-17(2)10-14-6-5-8-18(14)3/h13-16H,4-12H2,1-3H3. The SMILES string of the molecule is CCCNC1COCC1CN(C)CC1CCCN1C. The average molecular weight is 269 g/mol. The van der Waals surface area contributed by atoms with E-state index in [-0.39, 0.29) is 0 Å². The number of hydrogen-bond acceptors (Lipinski definition) is 4. The molecule has 2 aliphatic rings. The van der Waals surface area contributed by atoms with Crippen LogP contribution < -0.4 is 5.32 Å². The van der Waals surface area contributed by atoms with Gasteiger partial charge in [0.25, 0.3) is 0 Å². The zero-order chi connectivity index (χ0) is 13.7. The van der Waals surface area contributed by atoms with E-state index in [1.165, 1.54) is 32.4 Å². The normalized spacial score (nSPS) is 32.5. The summed E-state index contributed by atoms with van der Waals surface area (Å²) in [6, 6.07) is 1.32. The summed E-state index contributed by atoms with van der Waals surface area (Å²) in [7, 11) is 4.52. The fraction of sp³-hybridized carbons (Fsp3) is 1.00. The molecule has 2 saturated heterocycles. The Kier molecular flexibility index (Phi) is 6.07. The Morgan fingerprint density at radius 1 is 1.32 bits per heavy atom. The first-order chi connectivity index (χ1) is 9.20. The van der Waals surface area contributed by atoms with Crippen molar-refractivity contribution >= 4 is 0 Å². The maximum absolute atomic E-state index is 5.66. The third-order valence-corrected chi connectivity index (χ3v) is 4.60. The van der Waals surface area contributed by atoms with Gasteiger partial charge < -0.3 is 19.9 Å². The largest absolute Gasteiger partial charge is 0.379 e. The molecule has 2 aliphatic heterocycles. The van der Waals surface area contributed by atoms with Crippen LogP contribution in [0.1, 0.15) is 26.2 Å². The first-order valence-corrected chi connectivity index (χ1v) is 7.90. The van der Waals surface area contributed by atoms with Crippen molar-refractivity contribution in [3.05, 3.63) is 0 Å². The third-order valence-electron chi connectivity index (χ3n) is 4.60. The number of likely N-dealkylation sites (N-methyl/N-ethyl adjacent to an activating group) is 2. The van der Waals surface area contributed by atoms with Gasteiger partial charge in [-0.25, -0.2) is 0 Å². The Balaban J connectivity index is 1.72. The number of likely N-dealkylation sites (tertiary alicyclic amines) is 1. The van der Waals surface area contributed by atoms with Gasteiger partial charge in [0.15, 0.2) is 0 Å². The molecule has 0 radical (unpaired) electrons. The topological polar surface area (TPSA) is 27.7 Å². The summed E-state index contributed by atoms with van der Waals surface area (Å²) in [6.45, 7) is 8.78. The van der Waals surface area contributed by atoms with Crippen molar-refractivity contribution in [2.24, 2.45) is 5.92 Å². The minimum Gasteiger partial charge on any atom is -0.379 e. The number of ether oxygens (including phenoxy) is 1. The Hall–Kier alpha value is -0.160. The van der Waals surface area contributed by atoms with Gasteiger partial charge in [-0.1, -0.05) is 6.92 Å². The van der Waals surface area contributed by atoms with Crippen molar-refractivity contribution in [3.8, 4) is 0 Å². The fourth-order valence-corrected chi connectivity index (χ4v) is 3.38. The molecule has 2 heterocycles. The van der Waals surface area contributed by atoms with Gasteiger partial charge in [-0.2, -0.15) is 0 Å². The lowest BCUT2D eigenvalue weighted by Crippen LogP contribution is -2.44. The van der Waals surface area contributed by atoms with Gasteiger partial charge >= 0.3 is 0 Å². The van der Waals surface area contributed by atoms with E-state index in [1.807, 2.05) is 0 Å². The zero-order valence-electron chi connectivity index (χ0n) is 12.9. The van der Waals surface area contributed by atoms with Gasteiger partial charge in [0, 0.05) is 31.1 Å². The summed E-state index contributed by atoms with van der Waals surface area (Å²) in [5, 5.41) is 3.63. The molecule has 4 nitrogen and oxygen atoms in total. The Morgan fingerprint density at radius 2 is 2.16 bits per heavy atom. The predicted octanol–water partition coefficient (Wildman–Crippen LogP) is 1.03. The molecule has 0 spiro atoms. The Morgan fingerprint density at radius 3 is 2.84 bits per heavy atom. The van der Waals surface area contributed by atoms with Crippen molar-refractivity contribution < 1.29 is 4.74 Å². The molecular weight excluding hydrogens is 238 g/mol. The summed E-state index contributed by atoms with van der Waals surface area (Å²) in [4.78, 5) is 5.01. The summed E-state index contributed by atoms with van der Waals surface area (Å²) in [6.07, 6.45) is 3.92. The number of rotatable bonds is 7. The van der Waals surface area contributed by atoms with Gasteiger partial charge in [-0.15, -0.1) is 0 Å². The van der Waals surface area contributed by atoms with Crippen LogP contribution in [-0.2, 0) is 4.74 Å². The molecule has 0 aromatic rings. The molecule has 0 amide bonds. The van der Waals surface area contributed by atoms with E-state index < -0.39 is 0 Å². The van der Waals surface area contributed by atoms with Gasteiger partial charge in [-0.3, -0.25) is 0 Å². The third kappa shape index (κ3) is 4.42. The van der Waals surface area contributed by atoms with E-state index in [2.05, 4.69) is 36.1 Å². The molecule has 4 heteroatoms. The van der Waals surface area contributed by atoms with Crippen molar-refractivity contribution in [2.45, 2.75) is 38.3 Å². The minimum atomic E-state index is 0.559. The first kappa shape index (κ1) is 15.2. The van der Waals surface area contributed by atoms with Gasteiger partial charge in [-0.05, 0) is 46.4 Å². The average Bonchev–Trinajstić information content (AvgIpc) is 2.97. The van der Waals surface area contributed by atoms with Crippen LogP contribution in [-0.4, -0.2) is 75.4 Å². The van der Waals surface area contributed by atoms with Crippen LogP contribution in [0.4, 0.5) is 0 Å². The first-order valence-electron chi connectivity index (χ1n) is 7.90. The zero-order valence-corrected chi connectivity index (χ0v) is 12.9. The Labute approximate surface area is 118 Å².